The first kappa shape index (κ1) is 22.4. The van der Waals surface area contributed by atoms with Crippen molar-refractivity contribution in [1.29, 1.82) is 0 Å². The molecule has 0 saturated carbocycles. The second-order valence-electron chi connectivity index (χ2n) is 6.86. The van der Waals surface area contributed by atoms with Gasteiger partial charge in [0.1, 0.15) is 0 Å². The maximum absolute atomic E-state index is 12.8. The van der Waals surface area contributed by atoms with E-state index in [0.717, 1.165) is 0 Å². The topological polar surface area (TPSA) is 131 Å². The zero-order valence-corrected chi connectivity index (χ0v) is 17.6. The lowest BCUT2D eigenvalue weighted by Gasteiger charge is -2.26. The van der Waals surface area contributed by atoms with Gasteiger partial charge in [-0.2, -0.15) is 4.31 Å². The van der Waals surface area contributed by atoms with Gasteiger partial charge in [-0.25, -0.2) is 8.42 Å². The van der Waals surface area contributed by atoms with E-state index in [-0.39, 0.29) is 34.9 Å². The smallest absolute Gasteiger partial charge is 0.272 e. The molecule has 10 nitrogen and oxygen atoms in total. The average molecular weight is 446 g/mol. The third kappa shape index (κ3) is 5.08. The van der Waals surface area contributed by atoms with Gasteiger partial charge >= 0.3 is 0 Å². The number of sulfonamides is 1. The lowest BCUT2D eigenvalue weighted by atomic mass is 10.1. The van der Waals surface area contributed by atoms with Gasteiger partial charge in [0.25, 0.3) is 11.6 Å². The lowest BCUT2D eigenvalue weighted by molar-refractivity contribution is -0.385. The summed E-state index contributed by atoms with van der Waals surface area (Å²) in [6.45, 7) is 6.55. The molecule has 0 radical (unpaired) electrons. The molecule has 0 bridgehead atoms. The number of nitro benzene ring substituents is 1. The summed E-state index contributed by atoms with van der Waals surface area (Å²) in [4.78, 5) is 23.1. The third-order valence-corrected chi connectivity index (χ3v) is 6.68. The van der Waals surface area contributed by atoms with Gasteiger partial charge in [-0.3, -0.25) is 25.8 Å². The Labute approximate surface area is 179 Å². The van der Waals surface area contributed by atoms with Crippen LogP contribution in [0.25, 0.3) is 5.70 Å². The molecule has 1 heterocycles. The van der Waals surface area contributed by atoms with E-state index in [9.17, 15) is 23.3 Å². The zero-order chi connectivity index (χ0) is 22.6. The number of morpholine rings is 1. The van der Waals surface area contributed by atoms with Crippen LogP contribution in [0.1, 0.15) is 21.5 Å². The van der Waals surface area contributed by atoms with Crippen molar-refractivity contribution in [3.05, 3.63) is 75.8 Å². The highest BCUT2D eigenvalue weighted by molar-refractivity contribution is 7.89. The Balaban J connectivity index is 1.70. The van der Waals surface area contributed by atoms with Crippen LogP contribution in [0.15, 0.2) is 53.9 Å². The quantitative estimate of drug-likeness (QED) is 0.490. The summed E-state index contributed by atoms with van der Waals surface area (Å²) in [6.07, 6.45) is 0. The van der Waals surface area contributed by atoms with Crippen LogP contribution < -0.4 is 10.9 Å². The van der Waals surface area contributed by atoms with Crippen molar-refractivity contribution in [3.63, 3.8) is 0 Å². The van der Waals surface area contributed by atoms with E-state index >= 15 is 0 Å². The maximum Gasteiger partial charge on any atom is 0.272 e. The van der Waals surface area contributed by atoms with Crippen molar-refractivity contribution in [2.75, 3.05) is 26.3 Å². The first-order valence-corrected chi connectivity index (χ1v) is 10.8. The van der Waals surface area contributed by atoms with Gasteiger partial charge in [0, 0.05) is 35.8 Å². The lowest BCUT2D eigenvalue weighted by Crippen LogP contribution is -2.40. The molecule has 11 heteroatoms. The third-order valence-electron chi connectivity index (χ3n) is 4.79. The molecule has 2 aromatic rings. The van der Waals surface area contributed by atoms with Crippen LogP contribution in [0.3, 0.4) is 0 Å². The molecule has 1 aliphatic rings. The van der Waals surface area contributed by atoms with Crippen molar-refractivity contribution < 1.29 is 22.9 Å². The van der Waals surface area contributed by atoms with E-state index in [1.54, 1.807) is 19.1 Å². The number of nitro groups is 1. The predicted molar refractivity (Wildman–Crippen MR) is 113 cm³/mol. The number of benzene rings is 2. The minimum atomic E-state index is -3.74. The molecular formula is C20H22N4O6S. The van der Waals surface area contributed by atoms with Gasteiger partial charge in [0.05, 0.1) is 28.7 Å². The predicted octanol–water partition coefficient (Wildman–Crippen LogP) is 1.83. The van der Waals surface area contributed by atoms with Crippen LogP contribution in [-0.2, 0) is 14.8 Å². The number of carbonyl (C=O) groups excluding carboxylic acids is 1. The van der Waals surface area contributed by atoms with E-state index in [0.29, 0.717) is 24.3 Å². The first-order valence-electron chi connectivity index (χ1n) is 9.39. The van der Waals surface area contributed by atoms with Crippen molar-refractivity contribution in [2.24, 2.45) is 0 Å². The minimum Gasteiger partial charge on any atom is -0.379 e. The second kappa shape index (κ2) is 9.25. The van der Waals surface area contributed by atoms with E-state index in [1.165, 1.54) is 34.6 Å². The number of carbonyl (C=O) groups is 1. The highest BCUT2D eigenvalue weighted by atomic mass is 32.2. The Morgan fingerprint density at radius 3 is 2.52 bits per heavy atom. The number of hydrogen-bond acceptors (Lipinski definition) is 7. The largest absolute Gasteiger partial charge is 0.379 e. The molecule has 1 saturated heterocycles. The van der Waals surface area contributed by atoms with Gasteiger partial charge in [0.15, 0.2) is 0 Å². The van der Waals surface area contributed by atoms with Gasteiger partial charge in [-0.1, -0.05) is 24.8 Å². The number of nitrogens with one attached hydrogen (secondary N) is 2. The Bertz CT molecular complexity index is 1130. The molecule has 0 aliphatic carbocycles. The maximum atomic E-state index is 12.8. The SMILES string of the molecule is C=C(NNC(=O)c1cccc(S(=O)(=O)N2CCOCC2)c1)c1ccc(C)c([N+](=O)[O-])c1. The number of ether oxygens (including phenoxy) is 1. The molecule has 0 atom stereocenters. The minimum absolute atomic E-state index is 0.00929. The number of amides is 1. The first-order chi connectivity index (χ1) is 14.7. The number of aryl methyl sites for hydroxylation is 1. The average Bonchev–Trinajstić information content (AvgIpc) is 2.78. The summed E-state index contributed by atoms with van der Waals surface area (Å²) < 4.78 is 32.1. The Hall–Kier alpha value is -3.28. The van der Waals surface area contributed by atoms with Crippen LogP contribution in [0.5, 0.6) is 0 Å². The Morgan fingerprint density at radius 2 is 1.84 bits per heavy atom. The van der Waals surface area contributed by atoms with Gasteiger partial charge in [0.2, 0.25) is 10.0 Å². The molecule has 1 amide bonds. The molecule has 0 unspecified atom stereocenters. The highest BCUT2D eigenvalue weighted by Crippen LogP contribution is 2.22. The monoisotopic (exact) mass is 446 g/mol. The fourth-order valence-electron chi connectivity index (χ4n) is 3.00. The summed E-state index contributed by atoms with van der Waals surface area (Å²) in [5.74, 6) is -0.582. The van der Waals surface area contributed by atoms with Crippen molar-refractivity contribution in [1.82, 2.24) is 15.2 Å². The van der Waals surface area contributed by atoms with Crippen molar-refractivity contribution >= 4 is 27.3 Å². The molecular weight excluding hydrogens is 424 g/mol. The van der Waals surface area contributed by atoms with E-state index in [1.807, 2.05) is 0 Å². The molecule has 164 valence electrons. The fraction of sp³-hybridized carbons (Fsp3) is 0.250. The van der Waals surface area contributed by atoms with E-state index in [2.05, 4.69) is 17.4 Å². The molecule has 3 rings (SSSR count). The molecule has 1 fully saturated rings. The highest BCUT2D eigenvalue weighted by Gasteiger charge is 2.27. The molecule has 0 spiro atoms. The summed E-state index contributed by atoms with van der Waals surface area (Å²) in [5, 5.41) is 11.1. The van der Waals surface area contributed by atoms with Crippen LogP contribution in [0, 0.1) is 17.0 Å². The van der Waals surface area contributed by atoms with Gasteiger partial charge in [-0.05, 0) is 25.1 Å². The Morgan fingerprint density at radius 1 is 1.13 bits per heavy atom. The summed E-state index contributed by atoms with van der Waals surface area (Å²) >= 11 is 0. The van der Waals surface area contributed by atoms with Crippen LogP contribution in [0.4, 0.5) is 5.69 Å². The van der Waals surface area contributed by atoms with E-state index in [4.69, 9.17) is 4.74 Å². The fourth-order valence-corrected chi connectivity index (χ4v) is 4.46. The standard InChI is InChI=1S/C20H22N4O6S/c1-14-6-7-16(13-19(14)24(26)27)15(2)21-22-20(25)17-4-3-5-18(12-17)31(28,29)23-8-10-30-11-9-23/h3-7,12-13,21H,2,8-11H2,1H3,(H,22,25). The van der Waals surface area contributed by atoms with Crippen molar-refractivity contribution in [2.45, 2.75) is 11.8 Å². The van der Waals surface area contributed by atoms with E-state index < -0.39 is 20.9 Å². The molecule has 2 N–H and O–H groups in total. The number of hydrogen-bond donors (Lipinski definition) is 2. The second-order valence-corrected chi connectivity index (χ2v) is 8.80. The molecule has 1 aliphatic heterocycles. The number of rotatable bonds is 7. The van der Waals surface area contributed by atoms with Crippen LogP contribution in [-0.4, -0.2) is 49.9 Å². The summed E-state index contributed by atoms with van der Waals surface area (Å²) in [5.41, 5.74) is 6.29. The van der Waals surface area contributed by atoms with Gasteiger partial charge < -0.3 is 4.74 Å². The molecule has 31 heavy (non-hydrogen) atoms. The number of hydrazine groups is 1. The summed E-state index contributed by atoms with van der Waals surface area (Å²) in [7, 11) is -3.74. The molecule has 2 aromatic carbocycles. The van der Waals surface area contributed by atoms with Crippen molar-refractivity contribution in [3.8, 4) is 0 Å². The van der Waals surface area contributed by atoms with Gasteiger partial charge in [-0.15, -0.1) is 0 Å². The summed E-state index contributed by atoms with van der Waals surface area (Å²) in [6, 6.07) is 10.3. The van der Waals surface area contributed by atoms with Crippen LogP contribution >= 0.6 is 0 Å². The Kier molecular flexibility index (Phi) is 6.68. The molecule has 0 aromatic heterocycles. The zero-order valence-electron chi connectivity index (χ0n) is 16.8. The number of nitrogens with zero attached hydrogens (tertiary/aromatic N) is 2. The van der Waals surface area contributed by atoms with Crippen LogP contribution in [0.2, 0.25) is 0 Å². The normalized spacial score (nSPS) is 14.6.